The number of aryl methyl sites for hydroxylation is 1. The molecule has 3 rings (SSSR count). The predicted molar refractivity (Wildman–Crippen MR) is 73.4 cm³/mol. The minimum atomic E-state index is -0.0443. The molecule has 0 radical (unpaired) electrons. The van der Waals surface area contributed by atoms with E-state index in [0.717, 1.165) is 22.0 Å². The van der Waals surface area contributed by atoms with Crippen LogP contribution in [-0.4, -0.2) is 9.55 Å². The molecule has 0 aliphatic rings. The third-order valence-electron chi connectivity index (χ3n) is 3.13. The molecule has 90 valence electrons. The molecule has 0 aliphatic heterocycles. The number of nitrogen functional groups attached to an aromatic ring is 1. The maximum absolute atomic E-state index is 11.7. The number of anilines is 1. The maximum Gasteiger partial charge on any atom is 0.250 e. The molecule has 2 heterocycles. The van der Waals surface area contributed by atoms with Crippen LogP contribution in [0.2, 0.25) is 0 Å². The molecule has 4 heteroatoms. The summed E-state index contributed by atoms with van der Waals surface area (Å²) in [4.78, 5) is 14.8. The number of nitrogens with one attached hydrogen (secondary N) is 1. The number of hydrogen-bond donors (Lipinski definition) is 2. The molecule has 0 saturated carbocycles. The lowest BCUT2D eigenvalue weighted by Gasteiger charge is -2.03. The van der Waals surface area contributed by atoms with Gasteiger partial charge in [-0.25, -0.2) is 0 Å². The van der Waals surface area contributed by atoms with Gasteiger partial charge in [0.05, 0.1) is 0 Å². The summed E-state index contributed by atoms with van der Waals surface area (Å²) in [6.07, 6.45) is 1.75. The van der Waals surface area contributed by atoms with E-state index in [-0.39, 0.29) is 5.56 Å². The van der Waals surface area contributed by atoms with Gasteiger partial charge in [0.2, 0.25) is 0 Å². The molecular weight excluding hydrogens is 226 g/mol. The first-order valence-electron chi connectivity index (χ1n) is 5.70. The number of para-hydroxylation sites is 1. The summed E-state index contributed by atoms with van der Waals surface area (Å²) < 4.78 is 1.54. The van der Waals surface area contributed by atoms with E-state index in [1.54, 1.807) is 19.3 Å². The van der Waals surface area contributed by atoms with E-state index in [4.69, 9.17) is 5.73 Å². The highest BCUT2D eigenvalue weighted by Gasteiger charge is 2.11. The summed E-state index contributed by atoms with van der Waals surface area (Å²) in [7, 11) is 1.73. The van der Waals surface area contributed by atoms with Gasteiger partial charge in [0.1, 0.15) is 5.82 Å². The molecule has 3 aromatic rings. The van der Waals surface area contributed by atoms with Crippen LogP contribution in [0.5, 0.6) is 0 Å². The molecule has 0 unspecified atom stereocenters. The zero-order chi connectivity index (χ0) is 12.7. The lowest BCUT2D eigenvalue weighted by atomic mass is 10.1. The Morgan fingerprint density at radius 3 is 2.78 bits per heavy atom. The van der Waals surface area contributed by atoms with Gasteiger partial charge in [-0.15, -0.1) is 0 Å². The van der Waals surface area contributed by atoms with Crippen LogP contribution in [0.25, 0.3) is 22.0 Å². The zero-order valence-corrected chi connectivity index (χ0v) is 9.97. The van der Waals surface area contributed by atoms with Crippen molar-refractivity contribution in [2.24, 2.45) is 7.05 Å². The summed E-state index contributed by atoms with van der Waals surface area (Å²) in [5.41, 5.74) is 8.68. The molecule has 0 atom stereocenters. The second kappa shape index (κ2) is 3.77. The number of aromatic nitrogens is 2. The molecule has 0 aliphatic carbocycles. The average Bonchev–Trinajstić information content (AvgIpc) is 2.69. The van der Waals surface area contributed by atoms with Gasteiger partial charge in [-0.3, -0.25) is 4.79 Å². The Morgan fingerprint density at radius 1 is 1.22 bits per heavy atom. The highest BCUT2D eigenvalue weighted by atomic mass is 16.1. The molecule has 18 heavy (non-hydrogen) atoms. The predicted octanol–water partition coefficient (Wildman–Crippen LogP) is 2.12. The lowest BCUT2D eigenvalue weighted by molar-refractivity contribution is 0.861. The fourth-order valence-electron chi connectivity index (χ4n) is 2.18. The Morgan fingerprint density at radius 2 is 2.00 bits per heavy atom. The largest absolute Gasteiger partial charge is 0.385 e. The number of H-pyrrole nitrogens is 1. The summed E-state index contributed by atoms with van der Waals surface area (Å²) in [5.74, 6) is 0.587. The average molecular weight is 239 g/mol. The maximum atomic E-state index is 11.7. The first kappa shape index (κ1) is 10.7. The SMILES string of the molecule is Cn1ccc(-c2c(N)[nH]c3ccccc23)cc1=O. The van der Waals surface area contributed by atoms with E-state index in [1.165, 1.54) is 4.57 Å². The van der Waals surface area contributed by atoms with Gasteiger partial charge in [-0.05, 0) is 17.7 Å². The van der Waals surface area contributed by atoms with Gasteiger partial charge in [0.15, 0.2) is 0 Å². The van der Waals surface area contributed by atoms with E-state index < -0.39 is 0 Å². The Kier molecular flexibility index (Phi) is 2.23. The van der Waals surface area contributed by atoms with E-state index in [2.05, 4.69) is 4.98 Å². The number of pyridine rings is 1. The van der Waals surface area contributed by atoms with Gasteiger partial charge >= 0.3 is 0 Å². The van der Waals surface area contributed by atoms with Crippen LogP contribution < -0.4 is 11.3 Å². The van der Waals surface area contributed by atoms with Crippen molar-refractivity contribution in [3.63, 3.8) is 0 Å². The van der Waals surface area contributed by atoms with E-state index in [9.17, 15) is 4.79 Å². The van der Waals surface area contributed by atoms with Crippen molar-refractivity contribution in [3.8, 4) is 11.1 Å². The normalized spacial score (nSPS) is 10.9. The summed E-state index contributed by atoms with van der Waals surface area (Å²) in [6, 6.07) is 11.4. The van der Waals surface area contributed by atoms with Crippen molar-refractivity contribution in [2.45, 2.75) is 0 Å². The van der Waals surface area contributed by atoms with Crippen molar-refractivity contribution < 1.29 is 0 Å². The standard InChI is InChI=1S/C14H13N3O/c1-17-7-6-9(8-12(17)18)13-10-4-2-3-5-11(10)16-14(13)15/h2-8,16H,15H2,1H3. The van der Waals surface area contributed by atoms with E-state index >= 15 is 0 Å². The Hall–Kier alpha value is -2.49. The monoisotopic (exact) mass is 239 g/mol. The van der Waals surface area contributed by atoms with Crippen molar-refractivity contribution in [2.75, 3.05) is 5.73 Å². The first-order chi connectivity index (χ1) is 8.66. The fourth-order valence-corrected chi connectivity index (χ4v) is 2.18. The van der Waals surface area contributed by atoms with Crippen LogP contribution in [0, 0.1) is 0 Å². The number of rotatable bonds is 1. The third-order valence-corrected chi connectivity index (χ3v) is 3.13. The summed E-state index contributed by atoms with van der Waals surface area (Å²) in [6.45, 7) is 0. The minimum absolute atomic E-state index is 0.0443. The molecule has 3 N–H and O–H groups in total. The van der Waals surface area contributed by atoms with Gasteiger partial charge < -0.3 is 15.3 Å². The third kappa shape index (κ3) is 1.50. The number of nitrogens with zero attached hydrogens (tertiary/aromatic N) is 1. The number of nitrogens with two attached hydrogens (primary N) is 1. The molecule has 0 spiro atoms. The fraction of sp³-hybridized carbons (Fsp3) is 0.0714. The van der Waals surface area contributed by atoms with Crippen molar-refractivity contribution in [3.05, 3.63) is 52.9 Å². The Balaban J connectivity index is 2.34. The zero-order valence-electron chi connectivity index (χ0n) is 9.97. The van der Waals surface area contributed by atoms with Gasteiger partial charge in [0, 0.05) is 35.8 Å². The molecule has 0 fully saturated rings. The molecular formula is C14H13N3O. The number of fused-ring (bicyclic) bond motifs is 1. The van der Waals surface area contributed by atoms with Gasteiger partial charge in [-0.1, -0.05) is 18.2 Å². The van der Waals surface area contributed by atoms with Crippen molar-refractivity contribution in [1.29, 1.82) is 0 Å². The molecule has 2 aromatic heterocycles. The van der Waals surface area contributed by atoms with Crippen LogP contribution in [0.1, 0.15) is 0 Å². The van der Waals surface area contributed by atoms with Gasteiger partial charge in [-0.2, -0.15) is 0 Å². The molecule has 0 saturated heterocycles. The number of benzene rings is 1. The van der Waals surface area contributed by atoms with Crippen molar-refractivity contribution >= 4 is 16.7 Å². The van der Waals surface area contributed by atoms with Crippen LogP contribution in [-0.2, 0) is 7.05 Å². The Bertz CT molecular complexity index is 783. The Labute approximate surface area is 104 Å². The van der Waals surface area contributed by atoms with Crippen molar-refractivity contribution in [1.82, 2.24) is 9.55 Å². The number of hydrogen-bond acceptors (Lipinski definition) is 2. The van der Waals surface area contributed by atoms with Crippen LogP contribution in [0.3, 0.4) is 0 Å². The van der Waals surface area contributed by atoms with E-state index in [1.807, 2.05) is 30.3 Å². The molecule has 1 aromatic carbocycles. The second-order valence-corrected chi connectivity index (χ2v) is 4.32. The van der Waals surface area contributed by atoms with E-state index in [0.29, 0.717) is 5.82 Å². The highest BCUT2D eigenvalue weighted by molar-refractivity contribution is 6.01. The van der Waals surface area contributed by atoms with Gasteiger partial charge in [0.25, 0.3) is 5.56 Å². The molecule has 0 bridgehead atoms. The topological polar surface area (TPSA) is 63.8 Å². The van der Waals surface area contributed by atoms with Crippen LogP contribution in [0.4, 0.5) is 5.82 Å². The van der Waals surface area contributed by atoms with Crippen LogP contribution >= 0.6 is 0 Å². The minimum Gasteiger partial charge on any atom is -0.385 e. The quantitative estimate of drug-likeness (QED) is 0.683. The summed E-state index contributed by atoms with van der Waals surface area (Å²) >= 11 is 0. The first-order valence-corrected chi connectivity index (χ1v) is 5.70. The molecule has 0 amide bonds. The summed E-state index contributed by atoms with van der Waals surface area (Å²) in [5, 5.41) is 1.03. The number of aromatic amines is 1. The highest BCUT2D eigenvalue weighted by Crippen LogP contribution is 2.33. The smallest absolute Gasteiger partial charge is 0.250 e. The molecule has 4 nitrogen and oxygen atoms in total. The lowest BCUT2D eigenvalue weighted by Crippen LogP contribution is -2.14. The van der Waals surface area contributed by atoms with Crippen LogP contribution in [0.15, 0.2) is 47.4 Å². The second-order valence-electron chi connectivity index (χ2n) is 4.32.